The summed E-state index contributed by atoms with van der Waals surface area (Å²) in [6.07, 6.45) is 12.0. The number of fused-ring (bicyclic) bond motifs is 4. The van der Waals surface area contributed by atoms with Gasteiger partial charge >= 0.3 is 23.9 Å². The Hall–Kier alpha value is -2.80. The van der Waals surface area contributed by atoms with Gasteiger partial charge in [0.2, 0.25) is 0 Å². The van der Waals surface area contributed by atoms with Crippen LogP contribution in [0.2, 0.25) is 0 Å². The highest BCUT2D eigenvalue weighted by Gasteiger charge is 2.53. The quantitative estimate of drug-likeness (QED) is 0.178. The maximum absolute atomic E-state index is 13.6. The van der Waals surface area contributed by atoms with Crippen LogP contribution in [-0.4, -0.2) is 83.3 Å². The van der Waals surface area contributed by atoms with Crippen molar-refractivity contribution in [1.29, 1.82) is 0 Å². The Morgan fingerprint density at radius 1 is 0.536 bits per heavy atom. The summed E-state index contributed by atoms with van der Waals surface area (Å²) in [5.41, 5.74) is 2.43. The van der Waals surface area contributed by atoms with Crippen molar-refractivity contribution >= 4 is 23.9 Å². The lowest BCUT2D eigenvalue weighted by Crippen LogP contribution is -3.00. The second-order valence-corrected chi connectivity index (χ2v) is 17.3. The zero-order valence-corrected chi connectivity index (χ0v) is 36.6. The lowest BCUT2D eigenvalue weighted by molar-refractivity contribution is -0.979. The number of ether oxygens (including phenoxy) is 4. The molecule has 0 N–H and O–H groups in total. The van der Waals surface area contributed by atoms with Crippen molar-refractivity contribution in [2.45, 2.75) is 153 Å². The van der Waals surface area contributed by atoms with Crippen LogP contribution in [0.15, 0.2) is 48.5 Å². The van der Waals surface area contributed by atoms with E-state index in [1.807, 2.05) is 24.3 Å². The summed E-state index contributed by atoms with van der Waals surface area (Å²) in [5.74, 6) is -0.584. The van der Waals surface area contributed by atoms with Gasteiger partial charge in [0.25, 0.3) is 0 Å². The molecule has 7 rings (SSSR count). The van der Waals surface area contributed by atoms with E-state index in [2.05, 4.69) is 38.4 Å². The first-order chi connectivity index (χ1) is 26.0. The molecule has 0 aromatic heterocycles. The summed E-state index contributed by atoms with van der Waals surface area (Å²) in [4.78, 5) is 50.6. The number of rotatable bonds is 12. The van der Waals surface area contributed by atoms with E-state index >= 15 is 0 Å². The SMILES string of the molecule is CCC(=O)Oc1ccc(C[N+]2(C)C3CCCC2CC(OC(=O)C2CCC2C(=O)OC2CC4CCCC(C2)[N+]4(C)Cc2ccc(OC(=O)CC)cc2)C3)cc1.[Br-].[Br-]. The lowest BCUT2D eigenvalue weighted by Gasteiger charge is -2.55. The van der Waals surface area contributed by atoms with Crippen LogP contribution in [0.3, 0.4) is 0 Å². The van der Waals surface area contributed by atoms with Crippen molar-refractivity contribution in [3.05, 3.63) is 59.7 Å². The molecule has 2 aromatic carbocycles. The maximum Gasteiger partial charge on any atom is 0.310 e. The second-order valence-electron chi connectivity index (χ2n) is 17.3. The smallest absolute Gasteiger partial charge is 0.310 e. The highest BCUT2D eigenvalue weighted by atomic mass is 79.9. The fourth-order valence-electron chi connectivity index (χ4n) is 10.6. The van der Waals surface area contributed by atoms with Crippen LogP contribution in [0.5, 0.6) is 11.5 Å². The summed E-state index contributed by atoms with van der Waals surface area (Å²) in [6.45, 7) is 5.36. The molecular weight excluding hydrogens is 844 g/mol. The summed E-state index contributed by atoms with van der Waals surface area (Å²) in [5, 5.41) is 0. The van der Waals surface area contributed by atoms with Gasteiger partial charge in [-0.2, -0.15) is 0 Å². The zero-order valence-electron chi connectivity index (χ0n) is 33.5. The summed E-state index contributed by atoms with van der Waals surface area (Å²) in [6, 6.07) is 17.4. The van der Waals surface area contributed by atoms with Crippen LogP contribution in [0.4, 0.5) is 0 Å². The van der Waals surface area contributed by atoms with E-state index in [0.29, 0.717) is 61.3 Å². The van der Waals surface area contributed by atoms with Crippen LogP contribution in [-0.2, 0) is 41.7 Å². The van der Waals surface area contributed by atoms with Crippen molar-refractivity contribution in [1.82, 2.24) is 0 Å². The molecule has 6 atom stereocenters. The van der Waals surface area contributed by atoms with Crippen molar-refractivity contribution in [3.63, 3.8) is 0 Å². The number of carbonyl (C=O) groups is 4. The first-order valence-corrected chi connectivity index (χ1v) is 20.7. The molecule has 0 radical (unpaired) electrons. The van der Waals surface area contributed by atoms with E-state index in [1.54, 1.807) is 13.8 Å². The van der Waals surface area contributed by atoms with Gasteiger partial charge in [-0.25, -0.2) is 0 Å². The Kier molecular flexibility index (Phi) is 14.9. The third-order valence-corrected chi connectivity index (χ3v) is 14.0. The molecule has 1 aliphatic carbocycles. The average molecular weight is 905 g/mol. The summed E-state index contributed by atoms with van der Waals surface area (Å²) < 4.78 is 25.1. The van der Waals surface area contributed by atoms with Crippen molar-refractivity contribution < 1.29 is 81.1 Å². The third-order valence-electron chi connectivity index (χ3n) is 14.0. The first kappa shape index (κ1) is 44.3. The minimum atomic E-state index is -0.413. The highest BCUT2D eigenvalue weighted by molar-refractivity contribution is 5.84. The molecule has 4 bridgehead atoms. The highest BCUT2D eigenvalue weighted by Crippen LogP contribution is 2.45. The number of piperidine rings is 4. The molecule has 308 valence electrons. The largest absolute Gasteiger partial charge is 1.00 e. The van der Waals surface area contributed by atoms with Crippen LogP contribution in [0.1, 0.15) is 115 Å². The molecule has 4 aliphatic heterocycles. The van der Waals surface area contributed by atoms with Crippen LogP contribution in [0.25, 0.3) is 0 Å². The van der Waals surface area contributed by atoms with Gasteiger partial charge in [-0.1, -0.05) is 13.8 Å². The number of esters is 4. The number of hydrogen-bond acceptors (Lipinski definition) is 8. The van der Waals surface area contributed by atoms with Crippen molar-refractivity contribution in [3.8, 4) is 11.5 Å². The number of nitrogens with zero attached hydrogens (tertiary/aromatic N) is 2. The predicted octanol–water partition coefficient (Wildman–Crippen LogP) is 1.20. The van der Waals surface area contributed by atoms with E-state index in [4.69, 9.17) is 18.9 Å². The fraction of sp³-hybridized carbons (Fsp3) is 0.636. The minimum Gasteiger partial charge on any atom is -1.00 e. The Labute approximate surface area is 353 Å². The van der Waals surface area contributed by atoms with Gasteiger partial charge < -0.3 is 61.9 Å². The molecule has 10 nitrogen and oxygen atoms in total. The van der Waals surface area contributed by atoms with Gasteiger partial charge in [-0.15, -0.1) is 0 Å². The number of hydrogen-bond donors (Lipinski definition) is 0. The molecule has 5 aliphatic rings. The molecule has 4 saturated heterocycles. The molecule has 0 amide bonds. The van der Waals surface area contributed by atoms with Gasteiger partial charge in [0.05, 0.1) is 50.1 Å². The normalized spacial score (nSPS) is 32.9. The Morgan fingerprint density at radius 3 is 1.14 bits per heavy atom. The number of benzene rings is 2. The monoisotopic (exact) mass is 902 g/mol. The fourth-order valence-corrected chi connectivity index (χ4v) is 10.6. The summed E-state index contributed by atoms with van der Waals surface area (Å²) >= 11 is 0. The lowest BCUT2D eigenvalue weighted by atomic mass is 9.73. The second kappa shape index (κ2) is 18.9. The van der Waals surface area contributed by atoms with Crippen LogP contribution in [0, 0.1) is 11.8 Å². The van der Waals surface area contributed by atoms with Gasteiger partial charge in [-0.05, 0) is 99.9 Å². The third kappa shape index (κ3) is 9.56. The first-order valence-electron chi connectivity index (χ1n) is 20.7. The standard InChI is InChI=1S/C44H60N2O8.2BrH/c1-5-41(47)51-35-17-13-29(14-18-35)27-45(3)31-9-7-10-32(45)24-37(23-31)53-43(49)39-21-22-40(39)44(50)54-38-25-33-11-8-12-34(26-38)46(33,4)28-30-15-19-36(20-16-30)52-42(48)6-2;;/h13-20,31-34,37-40H,5-12,21-28H2,1-4H3;2*1H/q+2;;/p-2. The Balaban J connectivity index is 0.00000300. The molecule has 4 heterocycles. The van der Waals surface area contributed by atoms with E-state index in [0.717, 1.165) is 73.4 Å². The zero-order chi connectivity index (χ0) is 38.0. The van der Waals surface area contributed by atoms with E-state index in [1.165, 1.54) is 24.0 Å². The van der Waals surface area contributed by atoms with Crippen LogP contribution < -0.4 is 43.4 Å². The van der Waals surface area contributed by atoms with Gasteiger partial charge in [0.1, 0.15) is 36.8 Å². The molecule has 1 saturated carbocycles. The molecule has 2 aromatic rings. The van der Waals surface area contributed by atoms with E-state index in [-0.39, 0.29) is 70.0 Å². The van der Waals surface area contributed by atoms with Gasteiger partial charge in [-0.3, -0.25) is 19.2 Å². The molecular formula is C44H60Br2N2O8. The molecule has 6 unspecified atom stereocenters. The van der Waals surface area contributed by atoms with E-state index in [9.17, 15) is 19.2 Å². The topological polar surface area (TPSA) is 105 Å². The van der Waals surface area contributed by atoms with Crippen molar-refractivity contribution in [2.75, 3.05) is 14.1 Å². The van der Waals surface area contributed by atoms with Gasteiger partial charge in [0.15, 0.2) is 0 Å². The molecule has 5 fully saturated rings. The minimum absolute atomic E-state index is 0. The van der Waals surface area contributed by atoms with Crippen LogP contribution >= 0.6 is 0 Å². The van der Waals surface area contributed by atoms with E-state index < -0.39 is 11.8 Å². The maximum atomic E-state index is 13.6. The molecule has 12 heteroatoms. The Morgan fingerprint density at radius 2 is 0.857 bits per heavy atom. The van der Waals surface area contributed by atoms with Crippen molar-refractivity contribution in [2.24, 2.45) is 11.8 Å². The predicted molar refractivity (Wildman–Crippen MR) is 202 cm³/mol. The van der Waals surface area contributed by atoms with Gasteiger partial charge in [0, 0.05) is 49.7 Å². The molecule has 0 spiro atoms. The molecule has 56 heavy (non-hydrogen) atoms. The Bertz CT molecular complexity index is 1540. The number of carbonyl (C=O) groups excluding carboxylic acids is 4. The number of halogens is 2. The number of quaternary nitrogens is 2. The summed E-state index contributed by atoms with van der Waals surface area (Å²) in [7, 11) is 4.70. The average Bonchev–Trinajstić information content (AvgIpc) is 3.10.